The van der Waals surface area contributed by atoms with Crippen molar-refractivity contribution in [1.82, 2.24) is 14.9 Å². The van der Waals surface area contributed by atoms with E-state index in [-0.39, 0.29) is 0 Å². The van der Waals surface area contributed by atoms with E-state index in [4.69, 9.17) is 0 Å². The molecule has 0 aliphatic carbocycles. The van der Waals surface area contributed by atoms with E-state index in [9.17, 15) is 0 Å². The van der Waals surface area contributed by atoms with Crippen molar-refractivity contribution in [2.75, 3.05) is 6.54 Å². The van der Waals surface area contributed by atoms with Crippen molar-refractivity contribution < 1.29 is 0 Å². The van der Waals surface area contributed by atoms with Gasteiger partial charge in [0, 0.05) is 31.4 Å². The third-order valence-corrected chi connectivity index (χ3v) is 4.16. The number of aromatic nitrogens is 2. The Kier molecular flexibility index (Phi) is 8.59. The van der Waals surface area contributed by atoms with E-state index in [1.54, 1.807) is 0 Å². The van der Waals surface area contributed by atoms with Crippen LogP contribution in [0.2, 0.25) is 0 Å². The predicted molar refractivity (Wildman–Crippen MR) is 87.0 cm³/mol. The number of unbranched alkanes of at least 4 members (excludes halogenated alkanes) is 1. The molecule has 3 nitrogen and oxygen atoms in total. The van der Waals surface area contributed by atoms with Gasteiger partial charge < -0.3 is 9.88 Å². The summed E-state index contributed by atoms with van der Waals surface area (Å²) in [5.41, 5.74) is 0. The van der Waals surface area contributed by atoms with Gasteiger partial charge in [-0.1, -0.05) is 47.0 Å². The van der Waals surface area contributed by atoms with Crippen LogP contribution in [-0.4, -0.2) is 22.1 Å². The predicted octanol–water partition coefficient (Wildman–Crippen LogP) is 4.03. The molecule has 1 aromatic heterocycles. The van der Waals surface area contributed by atoms with Crippen LogP contribution in [0.15, 0.2) is 12.4 Å². The zero-order chi connectivity index (χ0) is 14.8. The molecule has 1 aromatic rings. The first kappa shape index (κ1) is 17.2. The average Bonchev–Trinajstić information content (AvgIpc) is 2.87. The van der Waals surface area contributed by atoms with Crippen molar-refractivity contribution in [3.05, 3.63) is 18.2 Å². The summed E-state index contributed by atoms with van der Waals surface area (Å²) in [6.07, 6.45) is 11.5. The van der Waals surface area contributed by atoms with Crippen LogP contribution in [0.25, 0.3) is 0 Å². The molecule has 0 aliphatic rings. The Bertz CT molecular complexity index is 346. The van der Waals surface area contributed by atoms with Gasteiger partial charge in [0.15, 0.2) is 0 Å². The van der Waals surface area contributed by atoms with Crippen molar-refractivity contribution in [2.24, 2.45) is 5.92 Å². The lowest BCUT2D eigenvalue weighted by Crippen LogP contribution is -2.38. The Balaban J connectivity index is 2.71. The standard InChI is InChI=1S/C17H33N3/c1-5-9-10-15(7-3)16(18-8-4)14-17-19-11-13-20(17)12-6-2/h11,13,15-16,18H,5-10,12,14H2,1-4H3. The summed E-state index contributed by atoms with van der Waals surface area (Å²) in [7, 11) is 0. The summed E-state index contributed by atoms with van der Waals surface area (Å²) >= 11 is 0. The molecule has 116 valence electrons. The molecule has 20 heavy (non-hydrogen) atoms. The third kappa shape index (κ3) is 5.28. The molecule has 3 heteroatoms. The zero-order valence-electron chi connectivity index (χ0n) is 13.9. The maximum absolute atomic E-state index is 4.58. The molecule has 0 saturated carbocycles. The summed E-state index contributed by atoms with van der Waals surface area (Å²) in [6, 6.07) is 0.564. The van der Waals surface area contributed by atoms with Gasteiger partial charge in [0.1, 0.15) is 5.82 Å². The highest BCUT2D eigenvalue weighted by Crippen LogP contribution is 2.20. The third-order valence-electron chi connectivity index (χ3n) is 4.16. The Hall–Kier alpha value is -0.830. The normalized spacial score (nSPS) is 14.4. The number of hydrogen-bond acceptors (Lipinski definition) is 2. The van der Waals surface area contributed by atoms with Crippen LogP contribution in [-0.2, 0) is 13.0 Å². The smallest absolute Gasteiger partial charge is 0.110 e. The Morgan fingerprint density at radius 2 is 2.00 bits per heavy atom. The monoisotopic (exact) mass is 279 g/mol. The van der Waals surface area contributed by atoms with Crippen LogP contribution in [0.1, 0.15) is 65.6 Å². The van der Waals surface area contributed by atoms with Gasteiger partial charge in [-0.2, -0.15) is 0 Å². The van der Waals surface area contributed by atoms with Crippen LogP contribution in [0.4, 0.5) is 0 Å². The lowest BCUT2D eigenvalue weighted by Gasteiger charge is -2.27. The van der Waals surface area contributed by atoms with Gasteiger partial charge in [0.05, 0.1) is 0 Å². The number of rotatable bonds is 11. The second kappa shape index (κ2) is 9.98. The van der Waals surface area contributed by atoms with E-state index in [2.05, 4.69) is 48.8 Å². The maximum Gasteiger partial charge on any atom is 0.110 e. The van der Waals surface area contributed by atoms with E-state index in [0.29, 0.717) is 6.04 Å². The van der Waals surface area contributed by atoms with Crippen molar-refractivity contribution in [1.29, 1.82) is 0 Å². The molecular weight excluding hydrogens is 246 g/mol. The minimum Gasteiger partial charge on any atom is -0.335 e. The zero-order valence-corrected chi connectivity index (χ0v) is 13.9. The van der Waals surface area contributed by atoms with Crippen LogP contribution >= 0.6 is 0 Å². The number of hydrogen-bond donors (Lipinski definition) is 1. The molecule has 0 radical (unpaired) electrons. The molecule has 0 aromatic carbocycles. The van der Waals surface area contributed by atoms with Crippen LogP contribution < -0.4 is 5.32 Å². The van der Waals surface area contributed by atoms with Crippen molar-refractivity contribution in [3.8, 4) is 0 Å². The summed E-state index contributed by atoms with van der Waals surface area (Å²) < 4.78 is 2.32. The summed E-state index contributed by atoms with van der Waals surface area (Å²) in [4.78, 5) is 4.58. The van der Waals surface area contributed by atoms with E-state index in [0.717, 1.165) is 25.4 Å². The van der Waals surface area contributed by atoms with Crippen molar-refractivity contribution >= 4 is 0 Å². The van der Waals surface area contributed by atoms with Gasteiger partial charge in [0.25, 0.3) is 0 Å². The van der Waals surface area contributed by atoms with Crippen molar-refractivity contribution in [3.63, 3.8) is 0 Å². The molecule has 1 heterocycles. The maximum atomic E-state index is 4.58. The molecule has 1 rings (SSSR count). The fourth-order valence-corrected chi connectivity index (χ4v) is 3.00. The highest BCUT2D eigenvalue weighted by atomic mass is 15.1. The van der Waals surface area contributed by atoms with Gasteiger partial charge in [-0.25, -0.2) is 4.98 Å². The van der Waals surface area contributed by atoms with E-state index >= 15 is 0 Å². The Morgan fingerprint density at radius 1 is 1.20 bits per heavy atom. The average molecular weight is 279 g/mol. The molecule has 0 amide bonds. The minimum atomic E-state index is 0.564. The molecule has 0 fully saturated rings. The fourth-order valence-electron chi connectivity index (χ4n) is 3.00. The summed E-state index contributed by atoms with van der Waals surface area (Å²) in [5, 5.41) is 3.70. The van der Waals surface area contributed by atoms with Gasteiger partial charge in [-0.15, -0.1) is 0 Å². The molecular formula is C17H33N3. The first-order valence-corrected chi connectivity index (χ1v) is 8.50. The molecule has 0 bridgehead atoms. The second-order valence-electron chi connectivity index (χ2n) is 5.72. The van der Waals surface area contributed by atoms with Gasteiger partial charge in [-0.05, 0) is 25.3 Å². The van der Waals surface area contributed by atoms with E-state index in [1.165, 1.54) is 37.9 Å². The minimum absolute atomic E-state index is 0.564. The molecule has 0 aliphatic heterocycles. The summed E-state index contributed by atoms with van der Waals surface area (Å²) in [5.74, 6) is 2.01. The molecule has 2 unspecified atom stereocenters. The quantitative estimate of drug-likeness (QED) is 0.663. The first-order chi connectivity index (χ1) is 9.76. The Labute approximate surface area is 125 Å². The highest BCUT2D eigenvalue weighted by Gasteiger charge is 2.20. The number of aryl methyl sites for hydroxylation is 1. The SMILES string of the molecule is CCCCC(CC)C(Cc1nccn1CCC)NCC. The Morgan fingerprint density at radius 3 is 2.60 bits per heavy atom. The van der Waals surface area contributed by atoms with Gasteiger partial charge in [-0.3, -0.25) is 0 Å². The largest absolute Gasteiger partial charge is 0.335 e. The van der Waals surface area contributed by atoms with Gasteiger partial charge >= 0.3 is 0 Å². The first-order valence-electron chi connectivity index (χ1n) is 8.50. The molecule has 0 saturated heterocycles. The molecule has 1 N–H and O–H groups in total. The van der Waals surface area contributed by atoms with Crippen molar-refractivity contribution in [2.45, 2.75) is 78.8 Å². The molecule has 2 atom stereocenters. The topological polar surface area (TPSA) is 29.9 Å². The molecule has 0 spiro atoms. The summed E-state index contributed by atoms with van der Waals surface area (Å²) in [6.45, 7) is 11.2. The highest BCUT2D eigenvalue weighted by molar-refractivity contribution is 4.97. The van der Waals surface area contributed by atoms with Crippen LogP contribution in [0.5, 0.6) is 0 Å². The van der Waals surface area contributed by atoms with Crippen LogP contribution in [0, 0.1) is 5.92 Å². The fraction of sp³-hybridized carbons (Fsp3) is 0.824. The van der Waals surface area contributed by atoms with Crippen LogP contribution in [0.3, 0.4) is 0 Å². The number of nitrogens with one attached hydrogen (secondary N) is 1. The van der Waals surface area contributed by atoms with Gasteiger partial charge in [0.2, 0.25) is 0 Å². The lowest BCUT2D eigenvalue weighted by molar-refractivity contribution is 0.313. The lowest BCUT2D eigenvalue weighted by atomic mass is 9.89. The van der Waals surface area contributed by atoms with E-state index in [1.807, 2.05) is 6.20 Å². The van der Waals surface area contributed by atoms with E-state index < -0.39 is 0 Å². The number of nitrogens with zero attached hydrogens (tertiary/aromatic N) is 2. The number of likely N-dealkylation sites (N-methyl/N-ethyl adjacent to an activating group) is 1. The number of imidazole rings is 1. The second-order valence-corrected chi connectivity index (χ2v) is 5.72.